The van der Waals surface area contributed by atoms with E-state index in [1.54, 1.807) is 18.2 Å². The van der Waals surface area contributed by atoms with Crippen molar-refractivity contribution in [2.75, 3.05) is 13.1 Å². The largest absolute Gasteiger partial charge is 0.508 e. The number of carbonyl (C=O) groups excluding carboxylic acids is 2. The molecule has 4 N–H and O–H groups in total. The average Bonchev–Trinajstić information content (AvgIpc) is 3.09. The molecule has 7 nitrogen and oxygen atoms in total. The van der Waals surface area contributed by atoms with Gasteiger partial charge < -0.3 is 25.3 Å². The molecule has 25 heavy (non-hydrogen) atoms. The number of amides is 2. The molecule has 0 fully saturated rings. The molecular formula is C18H18N2O5. The van der Waals surface area contributed by atoms with Crippen LogP contribution < -0.4 is 10.6 Å². The third-order valence-corrected chi connectivity index (χ3v) is 3.09. The summed E-state index contributed by atoms with van der Waals surface area (Å²) in [4.78, 5) is 23.2. The first kappa shape index (κ1) is 17.9. The van der Waals surface area contributed by atoms with Crippen molar-refractivity contribution in [1.29, 1.82) is 0 Å². The lowest BCUT2D eigenvalue weighted by atomic mass is 10.2. The van der Waals surface area contributed by atoms with Gasteiger partial charge in [-0.3, -0.25) is 9.59 Å². The van der Waals surface area contributed by atoms with Gasteiger partial charge in [0.05, 0.1) is 6.26 Å². The van der Waals surface area contributed by atoms with Crippen molar-refractivity contribution in [1.82, 2.24) is 10.6 Å². The number of benzene rings is 1. The van der Waals surface area contributed by atoms with Crippen LogP contribution in [0.15, 0.2) is 53.2 Å². The van der Waals surface area contributed by atoms with Gasteiger partial charge in [-0.05, 0) is 36.4 Å². The molecule has 1 aromatic heterocycles. The minimum absolute atomic E-state index is 0.0593. The minimum atomic E-state index is -0.368. The monoisotopic (exact) mass is 342 g/mol. The van der Waals surface area contributed by atoms with Gasteiger partial charge >= 0.3 is 0 Å². The summed E-state index contributed by atoms with van der Waals surface area (Å²) in [6, 6.07) is 7.52. The molecule has 1 heterocycles. The number of hydrogen-bond acceptors (Lipinski definition) is 5. The number of carbonyl (C=O) groups is 2. The SMILES string of the molecule is O=C(/C=C/c1ccco1)NCCNC(=O)/C=C/c1ccc(O)cc1O. The summed E-state index contributed by atoms with van der Waals surface area (Å²) in [6.45, 7) is 0.524. The molecule has 2 aromatic rings. The fourth-order valence-corrected chi connectivity index (χ4v) is 1.87. The maximum Gasteiger partial charge on any atom is 0.244 e. The Kier molecular flexibility index (Phi) is 6.41. The topological polar surface area (TPSA) is 112 Å². The Labute approximate surface area is 144 Å². The first-order chi connectivity index (χ1) is 12.0. The van der Waals surface area contributed by atoms with Gasteiger partial charge in [0.2, 0.25) is 11.8 Å². The van der Waals surface area contributed by atoms with Crippen molar-refractivity contribution in [2.45, 2.75) is 0 Å². The van der Waals surface area contributed by atoms with Crippen LogP contribution in [0.5, 0.6) is 11.5 Å². The smallest absolute Gasteiger partial charge is 0.244 e. The molecule has 0 aliphatic rings. The third-order valence-electron chi connectivity index (χ3n) is 3.09. The Morgan fingerprint density at radius 3 is 2.28 bits per heavy atom. The molecule has 130 valence electrons. The number of hydrogen-bond donors (Lipinski definition) is 4. The molecule has 0 atom stereocenters. The molecule has 2 rings (SSSR count). The molecule has 0 aliphatic carbocycles. The third kappa shape index (κ3) is 6.26. The number of phenolic OH excluding ortho intramolecular Hbond substituents is 2. The van der Waals surface area contributed by atoms with E-state index in [0.717, 1.165) is 0 Å². The van der Waals surface area contributed by atoms with Gasteiger partial charge in [-0.2, -0.15) is 0 Å². The number of phenols is 2. The zero-order chi connectivity index (χ0) is 18.1. The lowest BCUT2D eigenvalue weighted by Gasteiger charge is -2.03. The molecule has 0 bridgehead atoms. The lowest BCUT2D eigenvalue weighted by molar-refractivity contribution is -0.118. The van der Waals surface area contributed by atoms with E-state index in [-0.39, 0.29) is 36.4 Å². The molecule has 0 saturated heterocycles. The maximum atomic E-state index is 11.7. The molecule has 0 aliphatic heterocycles. The van der Waals surface area contributed by atoms with Crippen molar-refractivity contribution in [2.24, 2.45) is 0 Å². The summed E-state index contributed by atoms with van der Waals surface area (Å²) in [7, 11) is 0. The zero-order valence-electron chi connectivity index (χ0n) is 13.3. The average molecular weight is 342 g/mol. The second-order valence-electron chi connectivity index (χ2n) is 5.01. The summed E-state index contributed by atoms with van der Waals surface area (Å²) >= 11 is 0. The maximum absolute atomic E-state index is 11.7. The van der Waals surface area contributed by atoms with Gasteiger partial charge in [0, 0.05) is 36.9 Å². The Hall–Kier alpha value is -3.48. The Morgan fingerprint density at radius 1 is 1.00 bits per heavy atom. The molecule has 2 amide bonds. The van der Waals surface area contributed by atoms with Crippen LogP contribution in [0.3, 0.4) is 0 Å². The number of aromatic hydroxyl groups is 2. The van der Waals surface area contributed by atoms with E-state index in [4.69, 9.17) is 4.42 Å². The summed E-state index contributed by atoms with van der Waals surface area (Å²) in [5.41, 5.74) is 0.407. The van der Waals surface area contributed by atoms with Crippen LogP contribution in [0, 0.1) is 0 Å². The fraction of sp³-hybridized carbons (Fsp3) is 0.111. The minimum Gasteiger partial charge on any atom is -0.508 e. The Morgan fingerprint density at radius 2 is 1.68 bits per heavy atom. The van der Waals surface area contributed by atoms with E-state index in [1.165, 1.54) is 42.7 Å². The normalized spacial score (nSPS) is 11.0. The van der Waals surface area contributed by atoms with E-state index < -0.39 is 0 Å². The predicted octanol–water partition coefficient (Wildman–Crippen LogP) is 1.65. The Balaban J connectivity index is 1.68. The highest BCUT2D eigenvalue weighted by Crippen LogP contribution is 2.23. The van der Waals surface area contributed by atoms with Crippen molar-refractivity contribution in [3.8, 4) is 11.5 Å². The summed E-state index contributed by atoms with van der Waals surface area (Å²) < 4.78 is 5.06. The highest BCUT2D eigenvalue weighted by Gasteiger charge is 2.01. The first-order valence-corrected chi connectivity index (χ1v) is 7.52. The Bertz CT molecular complexity index is 779. The summed E-state index contributed by atoms with van der Waals surface area (Å²) in [5, 5.41) is 24.0. The molecule has 0 spiro atoms. The molecule has 0 radical (unpaired) electrons. The van der Waals surface area contributed by atoms with Crippen molar-refractivity contribution in [3.05, 3.63) is 60.1 Å². The van der Waals surface area contributed by atoms with Gasteiger partial charge in [-0.1, -0.05) is 0 Å². The van der Waals surface area contributed by atoms with E-state index in [2.05, 4.69) is 10.6 Å². The van der Waals surface area contributed by atoms with Crippen LogP contribution in [0.4, 0.5) is 0 Å². The highest BCUT2D eigenvalue weighted by molar-refractivity contribution is 5.92. The van der Waals surface area contributed by atoms with Crippen LogP contribution in [0.25, 0.3) is 12.2 Å². The molecular weight excluding hydrogens is 324 g/mol. The van der Waals surface area contributed by atoms with Gasteiger partial charge in [0.15, 0.2) is 0 Å². The zero-order valence-corrected chi connectivity index (χ0v) is 13.3. The second kappa shape index (κ2) is 8.97. The fourth-order valence-electron chi connectivity index (χ4n) is 1.87. The second-order valence-corrected chi connectivity index (χ2v) is 5.01. The van der Waals surface area contributed by atoms with Crippen LogP contribution in [0.1, 0.15) is 11.3 Å². The summed E-state index contributed by atoms with van der Waals surface area (Å²) in [6.07, 6.45) is 7.08. The van der Waals surface area contributed by atoms with Gasteiger partial charge in [0.1, 0.15) is 17.3 Å². The molecule has 7 heteroatoms. The van der Waals surface area contributed by atoms with Crippen LogP contribution in [-0.2, 0) is 9.59 Å². The van der Waals surface area contributed by atoms with Crippen molar-refractivity contribution in [3.63, 3.8) is 0 Å². The van der Waals surface area contributed by atoms with Crippen molar-refractivity contribution >= 4 is 24.0 Å². The van der Waals surface area contributed by atoms with Gasteiger partial charge in [-0.15, -0.1) is 0 Å². The van der Waals surface area contributed by atoms with Crippen molar-refractivity contribution < 1.29 is 24.2 Å². The van der Waals surface area contributed by atoms with E-state index >= 15 is 0 Å². The number of furan rings is 1. The van der Waals surface area contributed by atoms with Gasteiger partial charge in [0.25, 0.3) is 0 Å². The number of rotatable bonds is 7. The summed E-state index contributed by atoms with van der Waals surface area (Å²) in [5.74, 6) is -0.273. The van der Waals surface area contributed by atoms with E-state index in [0.29, 0.717) is 11.3 Å². The standard InChI is InChI=1S/C18H18N2O5/c21-14-5-3-13(16(22)12-14)4-7-17(23)19-9-10-20-18(24)8-6-15-2-1-11-25-15/h1-8,11-12,21-22H,9-10H2,(H,19,23)(H,20,24)/b7-4+,8-6+. The van der Waals surface area contributed by atoms with Crippen LogP contribution in [-0.4, -0.2) is 35.1 Å². The predicted molar refractivity (Wildman–Crippen MR) is 92.6 cm³/mol. The van der Waals surface area contributed by atoms with E-state index in [9.17, 15) is 19.8 Å². The highest BCUT2D eigenvalue weighted by atomic mass is 16.3. The molecule has 1 aromatic carbocycles. The van der Waals surface area contributed by atoms with Gasteiger partial charge in [-0.25, -0.2) is 0 Å². The number of nitrogens with one attached hydrogen (secondary N) is 2. The van der Waals surface area contributed by atoms with Crippen LogP contribution >= 0.6 is 0 Å². The quantitative estimate of drug-likeness (QED) is 0.451. The lowest BCUT2D eigenvalue weighted by Crippen LogP contribution is -2.33. The molecule has 0 unspecified atom stereocenters. The van der Waals surface area contributed by atoms with Crippen LogP contribution in [0.2, 0.25) is 0 Å². The van der Waals surface area contributed by atoms with E-state index in [1.807, 2.05) is 0 Å². The first-order valence-electron chi connectivity index (χ1n) is 7.52. The molecule has 0 saturated carbocycles.